The lowest BCUT2D eigenvalue weighted by atomic mass is 10.1. The first-order valence-electron chi connectivity index (χ1n) is 13.1. The fraction of sp³-hybridized carbons (Fsp3) is 0.357. The lowest BCUT2D eigenvalue weighted by Crippen LogP contribution is -2.38. The van der Waals surface area contributed by atoms with Crippen molar-refractivity contribution in [1.82, 2.24) is 29.6 Å². The molecule has 0 spiro atoms. The average molecular weight is 513 g/mol. The minimum atomic E-state index is 0.544. The Morgan fingerprint density at radius 1 is 0.789 bits per heavy atom. The Morgan fingerprint density at radius 3 is 2.39 bits per heavy atom. The predicted molar refractivity (Wildman–Crippen MR) is 146 cm³/mol. The molecule has 196 valence electrons. The lowest BCUT2D eigenvalue weighted by molar-refractivity contribution is 0.0360. The van der Waals surface area contributed by atoms with E-state index in [9.17, 15) is 0 Å². The Balaban J connectivity index is 1.09. The molecule has 38 heavy (non-hydrogen) atoms. The SMILES string of the molecule is c1cc(-c2cncc(N3CCOCC3)c2)nc(Nc2ccc(-c3cnn(CCN4CCOCC4)c3)cc2)n1. The molecule has 6 rings (SSSR count). The van der Waals surface area contributed by atoms with Gasteiger partial charge >= 0.3 is 0 Å². The Kier molecular flexibility index (Phi) is 7.52. The highest BCUT2D eigenvalue weighted by Gasteiger charge is 2.14. The Morgan fingerprint density at radius 2 is 1.58 bits per heavy atom. The summed E-state index contributed by atoms with van der Waals surface area (Å²) in [7, 11) is 0. The van der Waals surface area contributed by atoms with E-state index in [4.69, 9.17) is 14.5 Å². The number of anilines is 3. The zero-order valence-electron chi connectivity index (χ0n) is 21.4. The number of nitrogens with one attached hydrogen (secondary N) is 1. The zero-order chi connectivity index (χ0) is 25.6. The summed E-state index contributed by atoms with van der Waals surface area (Å²) in [5.74, 6) is 0.544. The van der Waals surface area contributed by atoms with Gasteiger partial charge < -0.3 is 19.7 Å². The number of hydrogen-bond donors (Lipinski definition) is 1. The molecule has 2 fully saturated rings. The molecule has 2 saturated heterocycles. The largest absolute Gasteiger partial charge is 0.379 e. The molecule has 5 heterocycles. The average Bonchev–Trinajstić information content (AvgIpc) is 3.47. The quantitative estimate of drug-likeness (QED) is 0.382. The van der Waals surface area contributed by atoms with E-state index in [1.165, 1.54) is 0 Å². The summed E-state index contributed by atoms with van der Waals surface area (Å²) in [5, 5.41) is 7.88. The molecule has 0 atom stereocenters. The van der Waals surface area contributed by atoms with Gasteiger partial charge in [0.1, 0.15) is 0 Å². The number of aromatic nitrogens is 5. The number of morpholine rings is 2. The van der Waals surface area contributed by atoms with Crippen LogP contribution in [0.2, 0.25) is 0 Å². The van der Waals surface area contributed by atoms with Crippen LogP contribution in [0.3, 0.4) is 0 Å². The molecule has 10 nitrogen and oxygen atoms in total. The van der Waals surface area contributed by atoms with E-state index in [2.05, 4.69) is 54.6 Å². The number of rotatable bonds is 8. The van der Waals surface area contributed by atoms with Crippen LogP contribution in [0.4, 0.5) is 17.3 Å². The van der Waals surface area contributed by atoms with Crippen LogP contribution in [0, 0.1) is 0 Å². The number of hydrogen-bond acceptors (Lipinski definition) is 9. The van der Waals surface area contributed by atoms with Gasteiger partial charge in [-0.05, 0) is 29.8 Å². The first kappa shape index (κ1) is 24.5. The van der Waals surface area contributed by atoms with Crippen molar-refractivity contribution < 1.29 is 9.47 Å². The van der Waals surface area contributed by atoms with Gasteiger partial charge in [-0.3, -0.25) is 14.6 Å². The first-order chi connectivity index (χ1) is 18.8. The van der Waals surface area contributed by atoms with E-state index in [0.717, 1.165) is 99.5 Å². The molecule has 0 bridgehead atoms. The minimum Gasteiger partial charge on any atom is -0.379 e. The van der Waals surface area contributed by atoms with Crippen LogP contribution in [0.15, 0.2) is 67.4 Å². The Bertz CT molecular complexity index is 1330. The van der Waals surface area contributed by atoms with Gasteiger partial charge in [-0.1, -0.05) is 12.1 Å². The molecule has 0 aliphatic carbocycles. The highest BCUT2D eigenvalue weighted by Crippen LogP contribution is 2.25. The second kappa shape index (κ2) is 11.7. The summed E-state index contributed by atoms with van der Waals surface area (Å²) in [6, 6.07) is 12.3. The molecule has 0 radical (unpaired) electrons. The summed E-state index contributed by atoms with van der Waals surface area (Å²) in [4.78, 5) is 18.3. The maximum atomic E-state index is 5.47. The fourth-order valence-corrected chi connectivity index (χ4v) is 4.72. The van der Waals surface area contributed by atoms with E-state index in [-0.39, 0.29) is 0 Å². The van der Waals surface area contributed by atoms with Crippen molar-refractivity contribution in [3.63, 3.8) is 0 Å². The van der Waals surface area contributed by atoms with Crippen LogP contribution in [0.25, 0.3) is 22.4 Å². The number of nitrogens with zero attached hydrogens (tertiary/aromatic N) is 7. The van der Waals surface area contributed by atoms with Gasteiger partial charge in [0.2, 0.25) is 5.95 Å². The van der Waals surface area contributed by atoms with E-state index in [0.29, 0.717) is 5.95 Å². The normalized spacial score (nSPS) is 16.5. The first-order valence-corrected chi connectivity index (χ1v) is 13.1. The molecule has 1 N–H and O–H groups in total. The summed E-state index contributed by atoms with van der Waals surface area (Å²) < 4.78 is 12.9. The maximum absolute atomic E-state index is 5.47. The van der Waals surface area contributed by atoms with Crippen LogP contribution in [-0.2, 0) is 16.0 Å². The van der Waals surface area contributed by atoms with Crippen molar-refractivity contribution >= 4 is 17.3 Å². The van der Waals surface area contributed by atoms with Crippen LogP contribution in [-0.4, -0.2) is 88.8 Å². The Hall–Kier alpha value is -3.86. The summed E-state index contributed by atoms with van der Waals surface area (Å²) >= 11 is 0. The minimum absolute atomic E-state index is 0.544. The molecule has 2 aliphatic rings. The maximum Gasteiger partial charge on any atom is 0.227 e. The smallest absolute Gasteiger partial charge is 0.227 e. The molecular weight excluding hydrogens is 480 g/mol. The third-order valence-electron chi connectivity index (χ3n) is 6.91. The highest BCUT2D eigenvalue weighted by molar-refractivity contribution is 5.68. The van der Waals surface area contributed by atoms with Gasteiger partial charge in [0.15, 0.2) is 0 Å². The highest BCUT2D eigenvalue weighted by atomic mass is 16.5. The molecular formula is C28H32N8O2. The summed E-state index contributed by atoms with van der Waals surface area (Å²) in [5.41, 5.74) is 6.01. The second-order valence-electron chi connectivity index (χ2n) is 9.45. The topological polar surface area (TPSA) is 93.5 Å². The van der Waals surface area contributed by atoms with Crippen molar-refractivity contribution in [3.8, 4) is 22.4 Å². The van der Waals surface area contributed by atoms with Gasteiger partial charge in [0.05, 0.1) is 56.7 Å². The van der Waals surface area contributed by atoms with E-state index in [1.807, 2.05) is 41.5 Å². The third-order valence-corrected chi connectivity index (χ3v) is 6.91. The molecule has 0 saturated carbocycles. The van der Waals surface area contributed by atoms with Gasteiger partial charge in [-0.25, -0.2) is 9.97 Å². The molecule has 10 heteroatoms. The molecule has 1 aromatic carbocycles. The molecule has 4 aromatic rings. The van der Waals surface area contributed by atoms with Crippen molar-refractivity contribution in [2.45, 2.75) is 6.54 Å². The summed E-state index contributed by atoms with van der Waals surface area (Å²) in [6.07, 6.45) is 9.53. The van der Waals surface area contributed by atoms with Crippen LogP contribution < -0.4 is 10.2 Å². The zero-order valence-corrected chi connectivity index (χ0v) is 21.4. The molecule has 2 aliphatic heterocycles. The van der Waals surface area contributed by atoms with Gasteiger partial charge in [0.25, 0.3) is 0 Å². The van der Waals surface area contributed by atoms with E-state index < -0.39 is 0 Å². The van der Waals surface area contributed by atoms with Crippen molar-refractivity contribution in [1.29, 1.82) is 0 Å². The van der Waals surface area contributed by atoms with E-state index in [1.54, 1.807) is 6.20 Å². The summed E-state index contributed by atoms with van der Waals surface area (Å²) in [6.45, 7) is 8.69. The van der Waals surface area contributed by atoms with Crippen molar-refractivity contribution in [2.75, 3.05) is 69.4 Å². The lowest BCUT2D eigenvalue weighted by Gasteiger charge is -2.28. The second-order valence-corrected chi connectivity index (χ2v) is 9.45. The van der Waals surface area contributed by atoms with Crippen LogP contribution in [0.5, 0.6) is 0 Å². The monoisotopic (exact) mass is 512 g/mol. The van der Waals surface area contributed by atoms with E-state index >= 15 is 0 Å². The standard InChI is InChI=1S/C28H32N8O2/c1-3-25(4-2-22(1)24-19-31-36(21-24)8-7-34-9-13-37-14-10-34)32-28-30-6-5-27(33-28)23-17-26(20-29-18-23)35-11-15-38-16-12-35/h1-6,17-21H,7-16H2,(H,30,32,33). The van der Waals surface area contributed by atoms with Crippen molar-refractivity contribution in [2.24, 2.45) is 0 Å². The molecule has 3 aromatic heterocycles. The molecule has 0 amide bonds. The number of pyridine rings is 1. The number of ether oxygens (including phenoxy) is 2. The van der Waals surface area contributed by atoms with Gasteiger partial charge in [-0.2, -0.15) is 5.10 Å². The van der Waals surface area contributed by atoms with Gasteiger partial charge in [-0.15, -0.1) is 0 Å². The Labute approximate surface area is 222 Å². The fourth-order valence-electron chi connectivity index (χ4n) is 4.72. The van der Waals surface area contributed by atoms with Crippen LogP contribution in [0.1, 0.15) is 0 Å². The van der Waals surface area contributed by atoms with Crippen LogP contribution >= 0.6 is 0 Å². The predicted octanol–water partition coefficient (Wildman–Crippen LogP) is 3.31. The van der Waals surface area contributed by atoms with Gasteiger partial charge in [0, 0.05) is 68.1 Å². The third kappa shape index (κ3) is 5.99. The molecule has 0 unspecified atom stereocenters. The number of benzene rings is 1. The van der Waals surface area contributed by atoms with Crippen molar-refractivity contribution in [3.05, 3.63) is 67.4 Å².